The van der Waals surface area contributed by atoms with E-state index in [9.17, 15) is 15.3 Å². The Kier molecular flexibility index (Phi) is 5.07. The topological polar surface area (TPSA) is 60.7 Å². The quantitative estimate of drug-likeness (QED) is 0.415. The maximum atomic E-state index is 11.7. The van der Waals surface area contributed by atoms with E-state index in [-0.39, 0.29) is 51.1 Å². The molecule has 0 amide bonds. The van der Waals surface area contributed by atoms with Crippen LogP contribution in [0.5, 0.6) is 0 Å². The fourth-order valence-electron chi connectivity index (χ4n) is 11.4. The minimum atomic E-state index is -0.733. The van der Waals surface area contributed by atoms with Crippen LogP contribution in [0.2, 0.25) is 0 Å². The van der Waals surface area contributed by atoms with Gasteiger partial charge >= 0.3 is 0 Å². The first kappa shape index (κ1) is 24.3. The third-order valence-electron chi connectivity index (χ3n) is 13.1. The molecule has 5 rings (SSSR count). The van der Waals surface area contributed by atoms with E-state index in [0.717, 1.165) is 38.5 Å². The van der Waals surface area contributed by atoms with E-state index in [1.54, 1.807) is 0 Å². The highest BCUT2D eigenvalue weighted by Crippen LogP contribution is 2.77. The van der Waals surface area contributed by atoms with Crippen molar-refractivity contribution in [3.8, 4) is 0 Å². The minimum Gasteiger partial charge on any atom is -0.393 e. The SMILES string of the molecule is CC(C)(O)C1CCC2(C)C1C(O)CC1(C)C2CCC2C3(C)CCC(O)C(C)(C)C3=CCC21C. The Labute approximate surface area is 202 Å². The maximum Gasteiger partial charge on any atom is 0.0628 e. The summed E-state index contributed by atoms with van der Waals surface area (Å²) < 4.78 is 0. The van der Waals surface area contributed by atoms with Crippen molar-refractivity contribution in [2.24, 2.45) is 50.7 Å². The predicted octanol–water partition coefficient (Wildman–Crippen LogP) is 6.11. The first-order chi connectivity index (χ1) is 15.0. The zero-order chi connectivity index (χ0) is 24.4. The molecule has 0 spiro atoms. The van der Waals surface area contributed by atoms with Crippen LogP contribution >= 0.6 is 0 Å². The summed E-state index contributed by atoms with van der Waals surface area (Å²) in [6.45, 7) is 18.5. The number of aliphatic hydroxyl groups is 3. The first-order valence-electron chi connectivity index (χ1n) is 13.8. The second kappa shape index (κ2) is 6.88. The van der Waals surface area contributed by atoms with E-state index < -0.39 is 5.60 Å². The molecule has 3 nitrogen and oxygen atoms in total. The van der Waals surface area contributed by atoms with Crippen LogP contribution in [0.25, 0.3) is 0 Å². The predicted molar refractivity (Wildman–Crippen MR) is 133 cm³/mol. The molecule has 0 bridgehead atoms. The van der Waals surface area contributed by atoms with Crippen LogP contribution < -0.4 is 0 Å². The van der Waals surface area contributed by atoms with E-state index in [2.05, 4.69) is 47.6 Å². The Morgan fingerprint density at radius 2 is 1.48 bits per heavy atom. The molecule has 3 heteroatoms. The van der Waals surface area contributed by atoms with Crippen molar-refractivity contribution in [1.29, 1.82) is 0 Å². The summed E-state index contributed by atoms with van der Waals surface area (Å²) in [4.78, 5) is 0. The molecule has 5 aliphatic carbocycles. The Balaban J connectivity index is 1.58. The van der Waals surface area contributed by atoms with Gasteiger partial charge in [0, 0.05) is 5.41 Å². The lowest BCUT2D eigenvalue weighted by molar-refractivity contribution is -0.232. The summed E-state index contributed by atoms with van der Waals surface area (Å²) in [5.74, 6) is 1.57. The summed E-state index contributed by atoms with van der Waals surface area (Å²) in [5, 5.41) is 33.6. The molecule has 0 aromatic carbocycles. The van der Waals surface area contributed by atoms with Crippen molar-refractivity contribution in [2.45, 2.75) is 125 Å². The number of rotatable bonds is 1. The first-order valence-corrected chi connectivity index (χ1v) is 13.8. The molecule has 5 aliphatic rings. The van der Waals surface area contributed by atoms with Crippen LogP contribution in [-0.4, -0.2) is 33.1 Å². The Hall–Kier alpha value is -0.380. The molecule has 0 radical (unpaired) electrons. The Bertz CT molecular complexity index is 853. The zero-order valence-electron chi connectivity index (χ0n) is 22.5. The number of hydrogen-bond acceptors (Lipinski definition) is 3. The van der Waals surface area contributed by atoms with Gasteiger partial charge in [-0.3, -0.25) is 0 Å². The van der Waals surface area contributed by atoms with Crippen LogP contribution in [0.3, 0.4) is 0 Å². The van der Waals surface area contributed by atoms with Gasteiger partial charge in [-0.25, -0.2) is 0 Å². The summed E-state index contributed by atoms with van der Waals surface area (Å²) in [7, 11) is 0. The van der Waals surface area contributed by atoms with Crippen LogP contribution in [0, 0.1) is 50.7 Å². The van der Waals surface area contributed by atoms with Gasteiger partial charge in [-0.2, -0.15) is 0 Å². The van der Waals surface area contributed by atoms with Crippen LogP contribution in [-0.2, 0) is 0 Å². The number of aliphatic hydroxyl groups excluding tert-OH is 2. The zero-order valence-corrected chi connectivity index (χ0v) is 22.5. The molecule has 3 N–H and O–H groups in total. The Morgan fingerprint density at radius 3 is 2.12 bits per heavy atom. The van der Waals surface area contributed by atoms with E-state index >= 15 is 0 Å². The Morgan fingerprint density at radius 1 is 0.848 bits per heavy atom. The summed E-state index contributed by atoms with van der Waals surface area (Å²) in [6, 6.07) is 0. The van der Waals surface area contributed by atoms with Gasteiger partial charge in [0.25, 0.3) is 0 Å². The lowest BCUT2D eigenvalue weighted by atomic mass is 9.33. The normalized spacial score (nSPS) is 55.7. The van der Waals surface area contributed by atoms with Crippen LogP contribution in [0.4, 0.5) is 0 Å². The van der Waals surface area contributed by atoms with Gasteiger partial charge in [-0.1, -0.05) is 53.2 Å². The van der Waals surface area contributed by atoms with Crippen molar-refractivity contribution >= 4 is 0 Å². The second-order valence-corrected chi connectivity index (χ2v) is 15.1. The van der Waals surface area contributed by atoms with Gasteiger partial charge < -0.3 is 15.3 Å². The maximum absolute atomic E-state index is 11.7. The van der Waals surface area contributed by atoms with Crippen LogP contribution in [0.1, 0.15) is 107 Å². The van der Waals surface area contributed by atoms with E-state index in [1.807, 2.05) is 13.8 Å². The summed E-state index contributed by atoms with van der Waals surface area (Å²) in [5.41, 5.74) is 1.08. The lowest BCUT2D eigenvalue weighted by Gasteiger charge is -2.72. The smallest absolute Gasteiger partial charge is 0.0628 e. The van der Waals surface area contributed by atoms with E-state index in [4.69, 9.17) is 0 Å². The van der Waals surface area contributed by atoms with Crippen LogP contribution in [0.15, 0.2) is 11.6 Å². The molecule has 188 valence electrons. The van der Waals surface area contributed by atoms with Gasteiger partial charge in [0.2, 0.25) is 0 Å². The van der Waals surface area contributed by atoms with Crippen molar-refractivity contribution < 1.29 is 15.3 Å². The molecule has 33 heavy (non-hydrogen) atoms. The van der Waals surface area contributed by atoms with E-state index in [0.29, 0.717) is 11.8 Å². The molecule has 10 atom stereocenters. The highest BCUT2D eigenvalue weighted by molar-refractivity contribution is 5.34. The van der Waals surface area contributed by atoms with Crippen molar-refractivity contribution in [3.63, 3.8) is 0 Å². The van der Waals surface area contributed by atoms with Gasteiger partial charge in [0.1, 0.15) is 0 Å². The monoisotopic (exact) mass is 458 g/mol. The van der Waals surface area contributed by atoms with Gasteiger partial charge in [-0.15, -0.1) is 0 Å². The lowest BCUT2D eigenvalue weighted by Crippen LogP contribution is -2.66. The summed E-state index contributed by atoms with van der Waals surface area (Å²) in [6.07, 6.45) is 10.5. The third kappa shape index (κ3) is 2.85. The molecule has 4 fully saturated rings. The highest BCUT2D eigenvalue weighted by Gasteiger charge is 2.71. The molecular weight excluding hydrogens is 408 g/mol. The highest BCUT2D eigenvalue weighted by atomic mass is 16.3. The molecule has 0 aliphatic heterocycles. The number of fused-ring (bicyclic) bond motifs is 7. The number of hydrogen-bond donors (Lipinski definition) is 3. The molecule has 4 saturated carbocycles. The molecule has 10 unspecified atom stereocenters. The fourth-order valence-corrected chi connectivity index (χ4v) is 11.4. The average molecular weight is 459 g/mol. The van der Waals surface area contributed by atoms with Crippen molar-refractivity contribution in [1.82, 2.24) is 0 Å². The van der Waals surface area contributed by atoms with Crippen molar-refractivity contribution in [3.05, 3.63) is 11.6 Å². The molecule has 0 aromatic heterocycles. The fraction of sp³-hybridized carbons (Fsp3) is 0.933. The van der Waals surface area contributed by atoms with Gasteiger partial charge in [0.15, 0.2) is 0 Å². The van der Waals surface area contributed by atoms with Gasteiger partial charge in [0.05, 0.1) is 17.8 Å². The number of allylic oxidation sites excluding steroid dienone is 1. The standard InChI is InChI=1S/C30H50O3/c1-25(2)20-12-16-29(7)21(27(20,5)15-13-23(25)32)9-10-22-28(6)14-11-18(26(3,4)33)24(28)19(31)17-30(22,29)8/h12,18-19,21-24,31-33H,9-11,13-17H2,1-8H3. The van der Waals surface area contributed by atoms with E-state index in [1.165, 1.54) is 18.4 Å². The molecule has 0 heterocycles. The molecule has 0 aromatic rings. The summed E-state index contributed by atoms with van der Waals surface area (Å²) >= 11 is 0. The average Bonchev–Trinajstić information content (AvgIpc) is 3.05. The molecular formula is C30H50O3. The minimum absolute atomic E-state index is 0.0836. The second-order valence-electron chi connectivity index (χ2n) is 15.1. The van der Waals surface area contributed by atoms with Crippen molar-refractivity contribution in [2.75, 3.05) is 0 Å². The van der Waals surface area contributed by atoms with Gasteiger partial charge in [-0.05, 0) is 111 Å². The molecule has 0 saturated heterocycles. The largest absolute Gasteiger partial charge is 0.393 e. The third-order valence-corrected chi connectivity index (χ3v) is 13.1.